The van der Waals surface area contributed by atoms with Crippen LogP contribution in [0.5, 0.6) is 0 Å². The zero-order valence-corrected chi connectivity index (χ0v) is 10.1. The lowest BCUT2D eigenvalue weighted by molar-refractivity contribution is 0.163. The Morgan fingerprint density at radius 2 is 1.94 bits per heavy atom. The third-order valence-corrected chi connectivity index (χ3v) is 2.58. The minimum atomic E-state index is -0.280. The quantitative estimate of drug-likeness (QED) is 0.660. The molecule has 16 heavy (non-hydrogen) atoms. The Balaban J connectivity index is 2.61. The van der Waals surface area contributed by atoms with Gasteiger partial charge in [-0.25, -0.2) is 0 Å². The second kappa shape index (κ2) is 5.98. The molecule has 0 saturated heterocycles. The lowest BCUT2D eigenvalue weighted by atomic mass is 10.1. The Kier molecular flexibility index (Phi) is 4.92. The van der Waals surface area contributed by atoms with Crippen LogP contribution < -0.4 is 5.32 Å². The second-order valence-corrected chi connectivity index (χ2v) is 4.30. The Morgan fingerprint density at radius 1 is 1.31 bits per heavy atom. The van der Waals surface area contributed by atoms with Crippen molar-refractivity contribution in [3.05, 3.63) is 18.0 Å². The third kappa shape index (κ3) is 3.30. The zero-order valence-electron chi connectivity index (χ0n) is 10.1. The maximum Gasteiger partial charge on any atom is 0.0607 e. The summed E-state index contributed by atoms with van der Waals surface area (Å²) in [4.78, 5) is 0. The van der Waals surface area contributed by atoms with Gasteiger partial charge in [0.25, 0.3) is 0 Å². The van der Waals surface area contributed by atoms with Gasteiger partial charge in [0, 0.05) is 23.8 Å². The molecule has 0 amide bonds. The van der Waals surface area contributed by atoms with Gasteiger partial charge < -0.3 is 15.5 Å². The zero-order chi connectivity index (χ0) is 12.1. The predicted octanol–water partition coefficient (Wildman–Crippen LogP) is 0.468. The molecule has 1 rings (SSSR count). The van der Waals surface area contributed by atoms with E-state index in [1.165, 1.54) is 0 Å². The summed E-state index contributed by atoms with van der Waals surface area (Å²) in [5.74, 6) is 0. The topological polar surface area (TPSA) is 70.3 Å². The number of nitrogens with zero attached hydrogens (tertiary/aromatic N) is 2. The van der Waals surface area contributed by atoms with Crippen molar-refractivity contribution in [3.63, 3.8) is 0 Å². The third-order valence-electron chi connectivity index (χ3n) is 2.58. The van der Waals surface area contributed by atoms with Crippen molar-refractivity contribution in [3.8, 4) is 0 Å². The van der Waals surface area contributed by atoms with Crippen LogP contribution in [-0.4, -0.2) is 39.2 Å². The summed E-state index contributed by atoms with van der Waals surface area (Å²) in [5, 5.41) is 25.3. The number of aromatic nitrogens is 2. The van der Waals surface area contributed by atoms with Gasteiger partial charge in [-0.2, -0.15) is 5.10 Å². The van der Waals surface area contributed by atoms with E-state index in [9.17, 15) is 0 Å². The van der Waals surface area contributed by atoms with E-state index < -0.39 is 0 Å². The van der Waals surface area contributed by atoms with Gasteiger partial charge in [-0.1, -0.05) is 0 Å². The maximum absolute atomic E-state index is 8.97. The van der Waals surface area contributed by atoms with Crippen molar-refractivity contribution < 1.29 is 10.2 Å². The molecular weight excluding hydrogens is 206 g/mol. The van der Waals surface area contributed by atoms with E-state index >= 15 is 0 Å². The van der Waals surface area contributed by atoms with Crippen molar-refractivity contribution in [2.75, 3.05) is 13.2 Å². The number of rotatable bonds is 6. The molecule has 0 saturated carbocycles. The first kappa shape index (κ1) is 13.2. The van der Waals surface area contributed by atoms with E-state index in [0.29, 0.717) is 6.04 Å². The van der Waals surface area contributed by atoms with Crippen LogP contribution in [0.2, 0.25) is 0 Å². The number of nitrogens with one attached hydrogen (secondary N) is 1. The normalized spacial score (nSPS) is 13.7. The molecule has 0 radical (unpaired) electrons. The minimum Gasteiger partial charge on any atom is -0.395 e. The van der Waals surface area contributed by atoms with Crippen LogP contribution in [0.4, 0.5) is 0 Å². The molecule has 92 valence electrons. The molecule has 0 aliphatic carbocycles. The standard InChI is InChI=1S/C11H21N3O2/c1-8(2)14-5-10(4-12-14)9(3)13-11(6-15)7-16/h4-5,8-9,11,13,15-16H,6-7H2,1-3H3. The van der Waals surface area contributed by atoms with E-state index in [-0.39, 0.29) is 25.3 Å². The van der Waals surface area contributed by atoms with Crippen LogP contribution in [0.3, 0.4) is 0 Å². The van der Waals surface area contributed by atoms with Crippen LogP contribution in [0.15, 0.2) is 12.4 Å². The smallest absolute Gasteiger partial charge is 0.0607 e. The highest BCUT2D eigenvalue weighted by Gasteiger charge is 2.13. The lowest BCUT2D eigenvalue weighted by Gasteiger charge is -2.18. The summed E-state index contributed by atoms with van der Waals surface area (Å²) < 4.78 is 1.89. The van der Waals surface area contributed by atoms with Gasteiger partial charge >= 0.3 is 0 Å². The van der Waals surface area contributed by atoms with Gasteiger partial charge in [0.15, 0.2) is 0 Å². The van der Waals surface area contributed by atoms with Crippen LogP contribution in [-0.2, 0) is 0 Å². The van der Waals surface area contributed by atoms with E-state index in [4.69, 9.17) is 10.2 Å². The van der Waals surface area contributed by atoms with Crippen LogP contribution >= 0.6 is 0 Å². The largest absolute Gasteiger partial charge is 0.395 e. The number of aliphatic hydroxyl groups is 2. The van der Waals surface area contributed by atoms with E-state index in [1.54, 1.807) is 0 Å². The fraction of sp³-hybridized carbons (Fsp3) is 0.727. The molecule has 1 aromatic heterocycles. The van der Waals surface area contributed by atoms with Crippen molar-refractivity contribution in [2.45, 2.75) is 38.9 Å². The van der Waals surface area contributed by atoms with Gasteiger partial charge in [-0.15, -0.1) is 0 Å². The fourth-order valence-corrected chi connectivity index (χ4v) is 1.47. The summed E-state index contributed by atoms with van der Waals surface area (Å²) in [6, 6.07) is 0.127. The van der Waals surface area contributed by atoms with Gasteiger partial charge in [0.2, 0.25) is 0 Å². The molecule has 1 heterocycles. The first-order valence-electron chi connectivity index (χ1n) is 5.60. The summed E-state index contributed by atoms with van der Waals surface area (Å²) in [6.07, 6.45) is 3.79. The molecule has 0 fully saturated rings. The fourth-order valence-electron chi connectivity index (χ4n) is 1.47. The highest BCUT2D eigenvalue weighted by atomic mass is 16.3. The summed E-state index contributed by atoms with van der Waals surface area (Å²) in [5.41, 5.74) is 1.06. The average Bonchev–Trinajstić information content (AvgIpc) is 2.74. The Morgan fingerprint density at radius 3 is 2.38 bits per heavy atom. The summed E-state index contributed by atoms with van der Waals surface area (Å²) >= 11 is 0. The predicted molar refractivity (Wildman–Crippen MR) is 62.1 cm³/mol. The molecule has 5 nitrogen and oxygen atoms in total. The summed E-state index contributed by atoms with van der Waals surface area (Å²) in [6.45, 7) is 5.98. The Hall–Kier alpha value is -0.910. The molecule has 1 unspecified atom stereocenters. The van der Waals surface area contributed by atoms with Crippen LogP contribution in [0.25, 0.3) is 0 Å². The number of hydrogen-bond acceptors (Lipinski definition) is 4. The SMILES string of the molecule is CC(NC(CO)CO)c1cnn(C(C)C)c1. The molecule has 0 bridgehead atoms. The maximum atomic E-state index is 8.97. The first-order chi connectivity index (χ1) is 7.58. The van der Waals surface area contributed by atoms with Crippen LogP contribution in [0.1, 0.15) is 38.4 Å². The number of aliphatic hydroxyl groups excluding tert-OH is 2. The molecular formula is C11H21N3O2. The van der Waals surface area contributed by atoms with Gasteiger partial charge in [-0.3, -0.25) is 4.68 Å². The Bertz CT molecular complexity index is 308. The van der Waals surface area contributed by atoms with Crippen molar-refractivity contribution in [1.29, 1.82) is 0 Å². The van der Waals surface area contributed by atoms with Crippen LogP contribution in [0, 0.1) is 0 Å². The molecule has 3 N–H and O–H groups in total. The summed E-state index contributed by atoms with van der Waals surface area (Å²) in [7, 11) is 0. The Labute approximate surface area is 96.1 Å². The number of hydrogen-bond donors (Lipinski definition) is 3. The van der Waals surface area contributed by atoms with Crippen molar-refractivity contribution in [2.24, 2.45) is 0 Å². The minimum absolute atomic E-state index is 0.0665. The van der Waals surface area contributed by atoms with E-state index in [2.05, 4.69) is 24.3 Å². The molecule has 0 aliphatic rings. The molecule has 0 aliphatic heterocycles. The van der Waals surface area contributed by atoms with Gasteiger partial charge in [0.1, 0.15) is 0 Å². The average molecular weight is 227 g/mol. The molecule has 1 atom stereocenters. The van der Waals surface area contributed by atoms with Gasteiger partial charge in [-0.05, 0) is 20.8 Å². The lowest BCUT2D eigenvalue weighted by Crippen LogP contribution is -2.37. The highest BCUT2D eigenvalue weighted by molar-refractivity contribution is 5.09. The van der Waals surface area contributed by atoms with Crippen molar-refractivity contribution >= 4 is 0 Å². The molecule has 1 aromatic rings. The van der Waals surface area contributed by atoms with E-state index in [1.807, 2.05) is 24.0 Å². The first-order valence-corrected chi connectivity index (χ1v) is 5.60. The monoisotopic (exact) mass is 227 g/mol. The van der Waals surface area contributed by atoms with Gasteiger partial charge in [0.05, 0.1) is 25.5 Å². The molecule has 0 spiro atoms. The highest BCUT2D eigenvalue weighted by Crippen LogP contribution is 2.14. The second-order valence-electron chi connectivity index (χ2n) is 4.30. The molecule has 0 aromatic carbocycles. The van der Waals surface area contributed by atoms with Crippen molar-refractivity contribution in [1.82, 2.24) is 15.1 Å². The molecule has 5 heteroatoms. The van der Waals surface area contributed by atoms with E-state index in [0.717, 1.165) is 5.56 Å².